The summed E-state index contributed by atoms with van der Waals surface area (Å²) < 4.78 is 46.6. The van der Waals surface area contributed by atoms with Crippen LogP contribution in [0.15, 0.2) is 16.7 Å². The first-order valence-corrected chi connectivity index (χ1v) is 9.45. The van der Waals surface area contributed by atoms with E-state index in [4.69, 9.17) is 4.52 Å². The number of hydrogen-bond donors (Lipinski definition) is 0. The van der Waals surface area contributed by atoms with Crippen LogP contribution in [-0.2, 0) is 0 Å². The maximum atomic E-state index is 13.5. The molecule has 1 aliphatic carbocycles. The third-order valence-corrected chi connectivity index (χ3v) is 5.52. The van der Waals surface area contributed by atoms with E-state index in [2.05, 4.69) is 15.2 Å². The van der Waals surface area contributed by atoms with Crippen LogP contribution in [0.2, 0.25) is 0 Å². The molecule has 1 aliphatic heterocycles. The molecular weight excluding hydrogens is 387 g/mol. The number of alkyl halides is 3. The van der Waals surface area contributed by atoms with Crippen LogP contribution in [0.3, 0.4) is 0 Å². The highest BCUT2D eigenvalue weighted by Gasteiger charge is 2.46. The highest BCUT2D eigenvalue weighted by Crippen LogP contribution is 2.42. The molecule has 3 aromatic heterocycles. The largest absolute Gasteiger partial charge is 0.410 e. The van der Waals surface area contributed by atoms with Crippen molar-refractivity contribution >= 4 is 22.8 Å². The van der Waals surface area contributed by atoms with E-state index in [9.17, 15) is 18.0 Å². The summed E-state index contributed by atoms with van der Waals surface area (Å²) in [7, 11) is 0. The number of nitrogens with zero attached hydrogens (tertiary/aromatic N) is 5. The fourth-order valence-electron chi connectivity index (χ4n) is 3.95. The smallest absolute Gasteiger partial charge is 0.336 e. The van der Waals surface area contributed by atoms with Gasteiger partial charge < -0.3 is 4.52 Å². The predicted octanol–water partition coefficient (Wildman–Crippen LogP) is 4.07. The van der Waals surface area contributed by atoms with E-state index in [-0.39, 0.29) is 30.4 Å². The molecule has 0 aromatic carbocycles. The van der Waals surface area contributed by atoms with Gasteiger partial charge in [-0.3, -0.25) is 9.69 Å². The molecular formula is C19H18F3N5O2. The molecule has 29 heavy (non-hydrogen) atoms. The van der Waals surface area contributed by atoms with Gasteiger partial charge in [0.25, 0.3) is 11.6 Å². The van der Waals surface area contributed by atoms with Crippen molar-refractivity contribution in [2.75, 3.05) is 11.4 Å². The molecule has 2 aliphatic rings. The van der Waals surface area contributed by atoms with E-state index in [0.717, 1.165) is 23.2 Å². The Morgan fingerprint density at radius 1 is 1.21 bits per heavy atom. The van der Waals surface area contributed by atoms with E-state index >= 15 is 0 Å². The second kappa shape index (κ2) is 6.04. The van der Waals surface area contributed by atoms with Crippen molar-refractivity contribution in [3.8, 4) is 0 Å². The molecule has 1 saturated carbocycles. The summed E-state index contributed by atoms with van der Waals surface area (Å²) >= 11 is 0. The minimum absolute atomic E-state index is 0.0545. The molecule has 1 atom stereocenters. The highest BCUT2D eigenvalue weighted by molar-refractivity contribution is 6.13. The first-order chi connectivity index (χ1) is 13.7. The number of fused-ring (bicyclic) bond motifs is 2. The predicted molar refractivity (Wildman–Crippen MR) is 96.9 cm³/mol. The molecule has 0 spiro atoms. The van der Waals surface area contributed by atoms with Gasteiger partial charge in [0, 0.05) is 24.2 Å². The SMILES string of the molecule is Cc1cc2n(n1)C(C(F)(F)F)CCN2C(=O)c1cc(C2CC2)nc2onc(C)c12. The van der Waals surface area contributed by atoms with Crippen LogP contribution < -0.4 is 4.90 Å². The Kier molecular flexibility index (Phi) is 3.78. The van der Waals surface area contributed by atoms with Crippen molar-refractivity contribution < 1.29 is 22.5 Å². The summed E-state index contributed by atoms with van der Waals surface area (Å²) in [6.07, 6.45) is -2.71. The second-order valence-corrected chi connectivity index (χ2v) is 7.71. The van der Waals surface area contributed by atoms with E-state index in [1.54, 1.807) is 19.9 Å². The quantitative estimate of drug-likeness (QED) is 0.642. The molecule has 10 heteroatoms. The molecule has 3 aromatic rings. The molecule has 152 valence electrons. The lowest BCUT2D eigenvalue weighted by Gasteiger charge is -2.34. The van der Waals surface area contributed by atoms with Crippen molar-refractivity contribution in [3.05, 3.63) is 34.8 Å². The number of amides is 1. The molecule has 7 nitrogen and oxygen atoms in total. The van der Waals surface area contributed by atoms with Crippen molar-refractivity contribution in [1.29, 1.82) is 0 Å². The van der Waals surface area contributed by atoms with Crippen LogP contribution in [0.1, 0.15) is 58.7 Å². The van der Waals surface area contributed by atoms with Gasteiger partial charge in [0.05, 0.1) is 22.3 Å². The van der Waals surface area contributed by atoms with Crippen LogP contribution in [0, 0.1) is 13.8 Å². The number of halogens is 3. The van der Waals surface area contributed by atoms with E-state index < -0.39 is 18.1 Å². The first-order valence-electron chi connectivity index (χ1n) is 9.45. The summed E-state index contributed by atoms with van der Waals surface area (Å²) in [4.78, 5) is 19.3. The third-order valence-electron chi connectivity index (χ3n) is 5.52. The number of pyridine rings is 1. The number of hydrogen-bond acceptors (Lipinski definition) is 5. The van der Waals surface area contributed by atoms with Gasteiger partial charge in [-0.2, -0.15) is 18.3 Å². The van der Waals surface area contributed by atoms with Crippen LogP contribution >= 0.6 is 0 Å². The number of carbonyl (C=O) groups is 1. The van der Waals surface area contributed by atoms with Gasteiger partial charge in [-0.05, 0) is 39.2 Å². The van der Waals surface area contributed by atoms with Gasteiger partial charge in [-0.25, -0.2) is 9.67 Å². The van der Waals surface area contributed by atoms with Gasteiger partial charge in [0.15, 0.2) is 6.04 Å². The lowest BCUT2D eigenvalue weighted by molar-refractivity contribution is -0.172. The zero-order valence-corrected chi connectivity index (χ0v) is 15.8. The third kappa shape index (κ3) is 2.89. The average molecular weight is 405 g/mol. The summed E-state index contributed by atoms with van der Waals surface area (Å²) in [5.74, 6) is 0.0283. The molecule has 1 amide bonds. The maximum absolute atomic E-state index is 13.5. The summed E-state index contributed by atoms with van der Waals surface area (Å²) in [6.45, 7) is 3.27. The zero-order valence-electron chi connectivity index (χ0n) is 15.8. The normalized spacial score (nSPS) is 19.6. The van der Waals surface area contributed by atoms with Crippen molar-refractivity contribution in [1.82, 2.24) is 19.9 Å². The van der Waals surface area contributed by atoms with Gasteiger partial charge in [-0.1, -0.05) is 5.16 Å². The maximum Gasteiger partial charge on any atom is 0.410 e. The van der Waals surface area contributed by atoms with Gasteiger partial charge in [0.2, 0.25) is 0 Å². The topological polar surface area (TPSA) is 77.0 Å². The van der Waals surface area contributed by atoms with Gasteiger partial charge >= 0.3 is 6.18 Å². The van der Waals surface area contributed by atoms with Crippen LogP contribution in [-0.4, -0.2) is 38.5 Å². The van der Waals surface area contributed by atoms with Crippen LogP contribution in [0.25, 0.3) is 11.1 Å². The lowest BCUT2D eigenvalue weighted by Crippen LogP contribution is -2.43. The molecule has 5 rings (SSSR count). The zero-order chi connectivity index (χ0) is 20.5. The number of rotatable bonds is 2. The Morgan fingerprint density at radius 2 is 1.97 bits per heavy atom. The number of carbonyl (C=O) groups excluding carboxylic acids is 1. The van der Waals surface area contributed by atoms with Crippen molar-refractivity contribution in [2.45, 2.75) is 51.2 Å². The molecule has 0 bridgehead atoms. The molecule has 1 fully saturated rings. The first kappa shape index (κ1) is 18.1. The Hall–Kier alpha value is -2.91. The van der Waals surface area contributed by atoms with Crippen molar-refractivity contribution in [2.24, 2.45) is 0 Å². The van der Waals surface area contributed by atoms with Gasteiger partial charge in [-0.15, -0.1) is 0 Å². The highest BCUT2D eigenvalue weighted by atomic mass is 19.4. The molecule has 1 unspecified atom stereocenters. The minimum Gasteiger partial charge on any atom is -0.336 e. The standard InChI is InChI=1S/C19H18F3N5O2/c1-9-7-15-26(6-5-14(19(20,21)22)27(15)24-9)18(28)12-8-13(11-3-4-11)23-17-16(12)10(2)25-29-17/h7-8,11,14H,3-6H2,1-2H3. The van der Waals surface area contributed by atoms with Crippen LogP contribution in [0.5, 0.6) is 0 Å². The minimum atomic E-state index is -4.43. The molecule has 0 radical (unpaired) electrons. The van der Waals surface area contributed by atoms with Gasteiger partial charge in [0.1, 0.15) is 5.82 Å². The monoisotopic (exact) mass is 405 g/mol. The fraction of sp³-hybridized carbons (Fsp3) is 0.474. The number of anilines is 1. The lowest BCUT2D eigenvalue weighted by atomic mass is 10.0. The van der Waals surface area contributed by atoms with E-state index in [1.165, 1.54) is 11.0 Å². The average Bonchev–Trinajstić information content (AvgIpc) is 3.34. The number of aromatic nitrogens is 4. The Balaban J connectivity index is 1.62. The second-order valence-electron chi connectivity index (χ2n) is 7.71. The number of aryl methyl sites for hydroxylation is 2. The molecule has 4 heterocycles. The Morgan fingerprint density at radius 3 is 2.66 bits per heavy atom. The summed E-state index contributed by atoms with van der Waals surface area (Å²) in [5.41, 5.74) is 2.34. The van der Waals surface area contributed by atoms with E-state index in [0.29, 0.717) is 22.3 Å². The van der Waals surface area contributed by atoms with E-state index in [1.807, 2.05) is 0 Å². The molecule has 0 saturated heterocycles. The van der Waals surface area contributed by atoms with Crippen molar-refractivity contribution in [3.63, 3.8) is 0 Å². The molecule has 0 N–H and O–H groups in total. The van der Waals surface area contributed by atoms with Crippen LogP contribution in [0.4, 0.5) is 19.0 Å². The fourth-order valence-corrected chi connectivity index (χ4v) is 3.95. The Bertz CT molecular complexity index is 1130. The summed E-state index contributed by atoms with van der Waals surface area (Å²) in [6, 6.07) is 1.50. The Labute approximate surface area is 163 Å². The summed E-state index contributed by atoms with van der Waals surface area (Å²) in [5, 5.41) is 8.43.